The molecule has 3 aromatic rings. The highest BCUT2D eigenvalue weighted by Gasteiger charge is 2.37. The maximum absolute atomic E-state index is 10.7. The third kappa shape index (κ3) is 9.79. The van der Waals surface area contributed by atoms with Crippen molar-refractivity contribution in [2.45, 2.75) is 96.7 Å². The van der Waals surface area contributed by atoms with Gasteiger partial charge in [0, 0.05) is 18.2 Å². The van der Waals surface area contributed by atoms with E-state index in [-0.39, 0.29) is 10.9 Å². The Morgan fingerprint density at radius 1 is 0.722 bits per heavy atom. The van der Waals surface area contributed by atoms with Crippen LogP contribution in [0, 0.1) is 0 Å². The SMILES string of the molecule is CCCCc1csc([S+](c2cc(CCCC)cs2)c2cc(CCCC)cs2)c1.O=S(=O)([O-])C(F)(F)F. The van der Waals surface area contributed by atoms with Crippen LogP contribution in [0.15, 0.2) is 47.0 Å². The van der Waals surface area contributed by atoms with E-state index in [9.17, 15) is 13.2 Å². The van der Waals surface area contributed by atoms with Gasteiger partial charge in [0.05, 0.1) is 0 Å². The van der Waals surface area contributed by atoms with Gasteiger partial charge in [0.1, 0.15) is 10.9 Å². The predicted molar refractivity (Wildman–Crippen MR) is 147 cm³/mol. The lowest BCUT2D eigenvalue weighted by Gasteiger charge is -2.08. The summed E-state index contributed by atoms with van der Waals surface area (Å²) < 4.78 is 63.6. The van der Waals surface area contributed by atoms with Gasteiger partial charge in [0.25, 0.3) is 0 Å². The van der Waals surface area contributed by atoms with Crippen LogP contribution in [0.4, 0.5) is 13.2 Å². The van der Waals surface area contributed by atoms with E-state index in [1.165, 1.54) is 74.5 Å². The zero-order chi connectivity index (χ0) is 26.8. The lowest BCUT2D eigenvalue weighted by atomic mass is 10.2. The fourth-order valence-corrected chi connectivity index (χ4v) is 10.3. The van der Waals surface area contributed by atoms with E-state index in [2.05, 4.69) is 55.1 Å². The minimum absolute atomic E-state index is 0.0868. The molecule has 0 fully saturated rings. The maximum atomic E-state index is 10.7. The molecule has 0 amide bonds. The van der Waals surface area contributed by atoms with E-state index in [1.54, 1.807) is 12.6 Å². The molecule has 0 spiro atoms. The molecule has 3 nitrogen and oxygen atoms in total. The summed E-state index contributed by atoms with van der Waals surface area (Å²) in [5, 5.41) is 7.21. The van der Waals surface area contributed by atoms with Crippen LogP contribution >= 0.6 is 34.0 Å². The molecule has 36 heavy (non-hydrogen) atoms. The van der Waals surface area contributed by atoms with Gasteiger partial charge in [-0.1, -0.05) is 74.0 Å². The molecule has 3 aromatic heterocycles. The first-order chi connectivity index (χ1) is 17.0. The van der Waals surface area contributed by atoms with Crippen molar-refractivity contribution in [1.82, 2.24) is 0 Å². The number of thiophene rings is 3. The van der Waals surface area contributed by atoms with Gasteiger partial charge in [-0.15, -0.1) is 0 Å². The third-order valence-corrected chi connectivity index (χ3v) is 12.0. The van der Waals surface area contributed by atoms with E-state index in [0.717, 1.165) is 0 Å². The molecule has 0 saturated carbocycles. The van der Waals surface area contributed by atoms with Gasteiger partial charge in [0.2, 0.25) is 12.6 Å². The maximum Gasteiger partial charge on any atom is 0.485 e. The molecule has 3 rings (SSSR count). The monoisotopic (exact) mass is 598 g/mol. The van der Waals surface area contributed by atoms with E-state index >= 15 is 0 Å². The van der Waals surface area contributed by atoms with Crippen LogP contribution in [0.5, 0.6) is 0 Å². The summed E-state index contributed by atoms with van der Waals surface area (Å²) in [7, 11) is -6.00. The smallest absolute Gasteiger partial charge is 0.485 e. The Labute approximate surface area is 227 Å². The van der Waals surface area contributed by atoms with Crippen molar-refractivity contribution in [3.63, 3.8) is 0 Å². The average molecular weight is 599 g/mol. The van der Waals surface area contributed by atoms with Crippen molar-refractivity contribution in [2.75, 3.05) is 0 Å². The molecule has 0 radical (unpaired) electrons. The third-order valence-electron chi connectivity index (χ3n) is 5.23. The number of unbranched alkanes of at least 4 members (excludes halogenated alkanes) is 3. The first kappa shape index (κ1) is 31.4. The largest absolute Gasteiger partial charge is 0.741 e. The second-order valence-electron chi connectivity index (χ2n) is 8.34. The van der Waals surface area contributed by atoms with Gasteiger partial charge in [-0.2, -0.15) is 13.2 Å². The summed E-state index contributed by atoms with van der Waals surface area (Å²) in [6.45, 7) is 6.85. The Balaban J connectivity index is 0.000000493. The molecule has 0 saturated heterocycles. The summed E-state index contributed by atoms with van der Waals surface area (Å²) in [4.78, 5) is 0. The van der Waals surface area contributed by atoms with Gasteiger partial charge >= 0.3 is 5.51 Å². The molecular weight excluding hydrogens is 566 g/mol. The van der Waals surface area contributed by atoms with Gasteiger partial charge in [-0.05, 0) is 71.4 Å². The first-order valence-electron chi connectivity index (χ1n) is 12.0. The fraction of sp³-hybridized carbons (Fsp3) is 0.520. The Kier molecular flexibility index (Phi) is 13.0. The van der Waals surface area contributed by atoms with Crippen molar-refractivity contribution in [3.8, 4) is 0 Å². The Hall–Kier alpha value is -0.850. The highest BCUT2D eigenvalue weighted by atomic mass is 32.3. The second-order valence-corrected chi connectivity index (χ2v) is 15.2. The molecule has 0 bridgehead atoms. The summed E-state index contributed by atoms with van der Waals surface area (Å²) in [6, 6.07) is 7.50. The van der Waals surface area contributed by atoms with Crippen molar-refractivity contribution in [1.29, 1.82) is 0 Å². The summed E-state index contributed by atoms with van der Waals surface area (Å²) in [5.74, 6) is 0. The van der Waals surface area contributed by atoms with E-state index < -0.39 is 15.6 Å². The summed E-state index contributed by atoms with van der Waals surface area (Å²) in [6.07, 6.45) is 11.4. The summed E-state index contributed by atoms with van der Waals surface area (Å²) >= 11 is 5.93. The number of halogens is 3. The van der Waals surface area contributed by atoms with Crippen LogP contribution in [0.2, 0.25) is 0 Å². The Bertz CT molecular complexity index is 1040. The highest BCUT2D eigenvalue weighted by Crippen LogP contribution is 2.41. The van der Waals surface area contributed by atoms with Gasteiger partial charge in [0.15, 0.2) is 10.1 Å². The number of alkyl halides is 3. The highest BCUT2D eigenvalue weighted by molar-refractivity contribution is 8.02. The van der Waals surface area contributed by atoms with E-state index in [4.69, 9.17) is 13.0 Å². The lowest BCUT2D eigenvalue weighted by molar-refractivity contribution is -0.0517. The minimum Gasteiger partial charge on any atom is -0.741 e. The van der Waals surface area contributed by atoms with Crippen LogP contribution < -0.4 is 0 Å². The van der Waals surface area contributed by atoms with Gasteiger partial charge < -0.3 is 4.55 Å². The van der Waals surface area contributed by atoms with Crippen molar-refractivity contribution in [2.24, 2.45) is 0 Å². The standard InChI is InChI=1S/C24H33S4.CHF3O3S/c1-4-7-10-19-13-22(25-16-19)28(23-14-20(17-26-23)11-8-5-2)24-15-21(18-27-24)12-9-6-3;2-1(3,4)8(5,6)7/h13-18H,4-12H2,1-3H3;(H,5,6,7)/q+1;/p-1. The van der Waals surface area contributed by atoms with Crippen LogP contribution in [0.25, 0.3) is 0 Å². The van der Waals surface area contributed by atoms with Gasteiger partial charge in [-0.25, -0.2) is 8.42 Å². The molecule has 202 valence electrons. The number of hydrogen-bond acceptors (Lipinski definition) is 6. The van der Waals surface area contributed by atoms with Crippen LogP contribution in [0.1, 0.15) is 76.0 Å². The Morgan fingerprint density at radius 3 is 1.22 bits per heavy atom. The number of rotatable bonds is 12. The predicted octanol–water partition coefficient (Wildman–Crippen LogP) is 9.05. The van der Waals surface area contributed by atoms with E-state index in [1.807, 2.05) is 34.0 Å². The quantitative estimate of drug-likeness (QED) is 0.119. The average Bonchev–Trinajstić information content (AvgIpc) is 3.56. The topological polar surface area (TPSA) is 57.2 Å². The van der Waals surface area contributed by atoms with Crippen molar-refractivity contribution >= 4 is 55.0 Å². The molecule has 0 aliphatic carbocycles. The first-order valence-corrected chi connectivity index (χ1v) is 17.3. The molecule has 0 N–H and O–H groups in total. The van der Waals surface area contributed by atoms with Crippen LogP contribution in [0.3, 0.4) is 0 Å². The molecule has 0 unspecified atom stereocenters. The molecule has 3 heterocycles. The molecule has 0 aliphatic rings. The minimum atomic E-state index is -6.09. The van der Waals surface area contributed by atoms with Gasteiger partial charge in [-0.3, -0.25) is 0 Å². The molecule has 0 aliphatic heterocycles. The molecule has 0 aromatic carbocycles. The van der Waals surface area contributed by atoms with Crippen molar-refractivity contribution < 1.29 is 26.1 Å². The van der Waals surface area contributed by atoms with Crippen LogP contribution in [-0.4, -0.2) is 18.5 Å². The van der Waals surface area contributed by atoms with E-state index in [0.29, 0.717) is 0 Å². The Morgan fingerprint density at radius 2 is 1.00 bits per heavy atom. The lowest BCUT2D eigenvalue weighted by Crippen LogP contribution is -2.21. The van der Waals surface area contributed by atoms with Crippen LogP contribution in [-0.2, 0) is 40.3 Å². The van der Waals surface area contributed by atoms with Crippen molar-refractivity contribution in [3.05, 3.63) is 51.0 Å². The number of aryl methyl sites for hydroxylation is 3. The zero-order valence-corrected chi connectivity index (χ0v) is 24.8. The fourth-order valence-electron chi connectivity index (χ4n) is 3.21. The molecular formula is C25H33F3O3S5. The normalized spacial score (nSPS) is 12.1. The molecule has 11 heteroatoms. The zero-order valence-electron chi connectivity index (χ0n) is 20.7. The molecule has 0 atom stereocenters. The second kappa shape index (κ2) is 14.9. The number of hydrogen-bond donors (Lipinski definition) is 0. The summed E-state index contributed by atoms with van der Waals surface area (Å²) in [5.41, 5.74) is -1.05.